The van der Waals surface area contributed by atoms with E-state index in [0.717, 1.165) is 6.04 Å². The molecule has 0 aliphatic carbocycles. The molecule has 1 fully saturated rings. The molecular weight excluding hydrogens is 194 g/mol. The summed E-state index contributed by atoms with van der Waals surface area (Å²) in [5.41, 5.74) is 0. The molecule has 1 N–H and O–H groups in total. The number of hydrogen-bond donors (Lipinski definition) is 1. The minimum Gasteiger partial charge on any atom is -0.314 e. The second-order valence-corrected chi connectivity index (χ2v) is 5.41. The van der Waals surface area contributed by atoms with E-state index in [1.165, 1.54) is 83.6 Å². The molecule has 1 rings (SSSR count). The smallest absolute Gasteiger partial charge is 0.00675 e. The zero-order chi connectivity index (χ0) is 11.5. The van der Waals surface area contributed by atoms with Crippen molar-refractivity contribution in [1.29, 1.82) is 0 Å². The summed E-state index contributed by atoms with van der Waals surface area (Å²) in [5, 5.41) is 3.58. The average molecular weight is 225 g/mol. The fraction of sp³-hybridized carbons (Fsp3) is 1.00. The summed E-state index contributed by atoms with van der Waals surface area (Å²) in [4.78, 5) is 0. The van der Waals surface area contributed by atoms with Gasteiger partial charge in [-0.05, 0) is 25.8 Å². The second kappa shape index (κ2) is 10.1. The van der Waals surface area contributed by atoms with E-state index < -0.39 is 0 Å². The van der Waals surface area contributed by atoms with Crippen LogP contribution in [0.15, 0.2) is 0 Å². The molecule has 1 atom stereocenters. The predicted molar refractivity (Wildman–Crippen MR) is 72.9 cm³/mol. The van der Waals surface area contributed by atoms with Gasteiger partial charge in [0.25, 0.3) is 0 Å². The highest BCUT2D eigenvalue weighted by Gasteiger charge is 2.12. The highest BCUT2D eigenvalue weighted by atomic mass is 14.9. The summed E-state index contributed by atoms with van der Waals surface area (Å²) in [6, 6.07) is 0.865. The first-order valence-corrected chi connectivity index (χ1v) is 7.67. The lowest BCUT2D eigenvalue weighted by atomic mass is 10.0. The maximum absolute atomic E-state index is 3.58. The molecule has 0 aromatic heterocycles. The van der Waals surface area contributed by atoms with E-state index in [2.05, 4.69) is 12.2 Å². The zero-order valence-corrected chi connectivity index (χ0v) is 11.3. The van der Waals surface area contributed by atoms with Crippen LogP contribution in [-0.2, 0) is 0 Å². The van der Waals surface area contributed by atoms with E-state index >= 15 is 0 Å². The Hall–Kier alpha value is -0.0400. The first kappa shape index (κ1) is 14.0. The van der Waals surface area contributed by atoms with Gasteiger partial charge < -0.3 is 5.32 Å². The number of hydrogen-bond acceptors (Lipinski definition) is 1. The van der Waals surface area contributed by atoms with Gasteiger partial charge in [-0.25, -0.2) is 0 Å². The summed E-state index contributed by atoms with van der Waals surface area (Å²) < 4.78 is 0. The molecule has 0 radical (unpaired) electrons. The van der Waals surface area contributed by atoms with E-state index in [4.69, 9.17) is 0 Å². The van der Waals surface area contributed by atoms with E-state index in [9.17, 15) is 0 Å². The maximum Gasteiger partial charge on any atom is 0.00675 e. The Morgan fingerprint density at radius 1 is 0.875 bits per heavy atom. The summed E-state index contributed by atoms with van der Waals surface area (Å²) >= 11 is 0. The van der Waals surface area contributed by atoms with Crippen LogP contribution >= 0.6 is 0 Å². The van der Waals surface area contributed by atoms with Gasteiger partial charge in [-0.2, -0.15) is 0 Å². The molecule has 0 aromatic carbocycles. The molecule has 0 saturated carbocycles. The van der Waals surface area contributed by atoms with Gasteiger partial charge in [-0.1, -0.05) is 64.7 Å². The quantitative estimate of drug-likeness (QED) is 0.533. The van der Waals surface area contributed by atoms with E-state index in [0.29, 0.717) is 0 Å². The minimum absolute atomic E-state index is 0.865. The standard InChI is InChI=1S/C15H31N/c1-2-3-4-5-6-7-8-9-10-12-15-13-11-14-16-15/h15-16H,2-14H2,1H3. The Labute approximate surface area is 102 Å². The molecule has 1 nitrogen and oxygen atoms in total. The van der Waals surface area contributed by atoms with Crippen LogP contribution in [0.1, 0.15) is 84.0 Å². The number of unbranched alkanes of at least 4 members (excludes halogenated alkanes) is 8. The first-order chi connectivity index (χ1) is 7.93. The summed E-state index contributed by atoms with van der Waals surface area (Å²) in [7, 11) is 0. The first-order valence-electron chi connectivity index (χ1n) is 7.67. The Morgan fingerprint density at radius 3 is 2.06 bits per heavy atom. The minimum atomic E-state index is 0.865. The van der Waals surface area contributed by atoms with Gasteiger partial charge in [0, 0.05) is 6.04 Å². The van der Waals surface area contributed by atoms with Gasteiger partial charge >= 0.3 is 0 Å². The van der Waals surface area contributed by atoms with Crippen LogP contribution in [0.3, 0.4) is 0 Å². The van der Waals surface area contributed by atoms with Crippen molar-refractivity contribution in [2.45, 2.75) is 90.0 Å². The highest BCUT2D eigenvalue weighted by Crippen LogP contribution is 2.15. The van der Waals surface area contributed by atoms with Crippen molar-refractivity contribution in [2.24, 2.45) is 0 Å². The van der Waals surface area contributed by atoms with Crippen molar-refractivity contribution in [1.82, 2.24) is 5.32 Å². The van der Waals surface area contributed by atoms with E-state index in [-0.39, 0.29) is 0 Å². The third kappa shape index (κ3) is 7.27. The van der Waals surface area contributed by atoms with Gasteiger partial charge in [-0.15, -0.1) is 0 Å². The Balaban J connectivity index is 1.71. The molecule has 96 valence electrons. The molecule has 0 aromatic rings. The van der Waals surface area contributed by atoms with E-state index in [1.807, 2.05) is 0 Å². The lowest BCUT2D eigenvalue weighted by Crippen LogP contribution is -2.20. The van der Waals surface area contributed by atoms with Crippen molar-refractivity contribution in [3.05, 3.63) is 0 Å². The van der Waals surface area contributed by atoms with Crippen molar-refractivity contribution >= 4 is 0 Å². The van der Waals surface area contributed by atoms with Crippen molar-refractivity contribution in [3.63, 3.8) is 0 Å². The van der Waals surface area contributed by atoms with Gasteiger partial charge in [-0.3, -0.25) is 0 Å². The molecule has 1 heteroatoms. The molecular formula is C15H31N. The van der Waals surface area contributed by atoms with Crippen LogP contribution in [0.5, 0.6) is 0 Å². The van der Waals surface area contributed by atoms with Crippen LogP contribution < -0.4 is 5.32 Å². The molecule has 1 heterocycles. The van der Waals surface area contributed by atoms with Crippen LogP contribution in [0.25, 0.3) is 0 Å². The molecule has 0 amide bonds. The van der Waals surface area contributed by atoms with Crippen molar-refractivity contribution in [3.8, 4) is 0 Å². The molecule has 1 aliphatic rings. The predicted octanol–water partition coefficient (Wildman–Crippen LogP) is 4.66. The van der Waals surface area contributed by atoms with Gasteiger partial charge in [0.1, 0.15) is 0 Å². The number of nitrogens with one attached hydrogen (secondary N) is 1. The topological polar surface area (TPSA) is 12.0 Å². The summed E-state index contributed by atoms with van der Waals surface area (Å²) in [6.07, 6.45) is 17.3. The van der Waals surface area contributed by atoms with Crippen LogP contribution in [-0.4, -0.2) is 12.6 Å². The van der Waals surface area contributed by atoms with Crippen LogP contribution in [0, 0.1) is 0 Å². The van der Waals surface area contributed by atoms with Crippen molar-refractivity contribution < 1.29 is 0 Å². The number of rotatable bonds is 10. The molecule has 16 heavy (non-hydrogen) atoms. The Morgan fingerprint density at radius 2 is 1.50 bits per heavy atom. The van der Waals surface area contributed by atoms with Gasteiger partial charge in [0.05, 0.1) is 0 Å². The third-order valence-corrected chi connectivity index (χ3v) is 3.82. The lowest BCUT2D eigenvalue weighted by Gasteiger charge is -2.09. The Kier molecular flexibility index (Phi) is 8.88. The highest BCUT2D eigenvalue weighted by molar-refractivity contribution is 4.73. The lowest BCUT2D eigenvalue weighted by molar-refractivity contribution is 0.499. The summed E-state index contributed by atoms with van der Waals surface area (Å²) in [6.45, 7) is 3.55. The monoisotopic (exact) mass is 225 g/mol. The normalized spacial score (nSPS) is 20.4. The summed E-state index contributed by atoms with van der Waals surface area (Å²) in [5.74, 6) is 0. The average Bonchev–Trinajstić information content (AvgIpc) is 2.80. The molecule has 0 spiro atoms. The van der Waals surface area contributed by atoms with E-state index in [1.54, 1.807) is 0 Å². The Bertz CT molecular complexity index is 138. The van der Waals surface area contributed by atoms with Gasteiger partial charge in [0.2, 0.25) is 0 Å². The molecule has 1 aliphatic heterocycles. The van der Waals surface area contributed by atoms with Crippen LogP contribution in [0.4, 0.5) is 0 Å². The SMILES string of the molecule is CCCCCCCCCCCC1CCCN1. The second-order valence-electron chi connectivity index (χ2n) is 5.41. The third-order valence-electron chi connectivity index (χ3n) is 3.82. The maximum atomic E-state index is 3.58. The van der Waals surface area contributed by atoms with Crippen molar-refractivity contribution in [2.75, 3.05) is 6.54 Å². The fourth-order valence-electron chi connectivity index (χ4n) is 2.70. The fourth-order valence-corrected chi connectivity index (χ4v) is 2.70. The molecule has 1 unspecified atom stereocenters. The largest absolute Gasteiger partial charge is 0.314 e. The van der Waals surface area contributed by atoms with Crippen LogP contribution in [0.2, 0.25) is 0 Å². The zero-order valence-electron chi connectivity index (χ0n) is 11.3. The molecule has 1 saturated heterocycles. The van der Waals surface area contributed by atoms with Gasteiger partial charge in [0.15, 0.2) is 0 Å². The molecule has 0 bridgehead atoms.